The smallest absolute Gasteiger partial charge is 0.309 e. The molecular formula is C15H16BrNO4S. The van der Waals surface area contributed by atoms with Crippen LogP contribution in [0.4, 0.5) is 0 Å². The van der Waals surface area contributed by atoms with Crippen molar-refractivity contribution in [3.05, 3.63) is 27.7 Å². The minimum absolute atomic E-state index is 0.0260. The molecule has 1 aromatic heterocycles. The van der Waals surface area contributed by atoms with Gasteiger partial charge >= 0.3 is 5.97 Å². The summed E-state index contributed by atoms with van der Waals surface area (Å²) in [4.78, 5) is 15.1. The van der Waals surface area contributed by atoms with Crippen LogP contribution in [0.1, 0.15) is 19.5 Å². The topological polar surface area (TPSA) is 68.7 Å². The van der Waals surface area contributed by atoms with Crippen LogP contribution < -0.4 is 9.47 Å². The third-order valence-electron chi connectivity index (χ3n) is 2.71. The van der Waals surface area contributed by atoms with Gasteiger partial charge in [-0.25, -0.2) is 4.98 Å². The normalized spacial score (nSPS) is 10.8. The van der Waals surface area contributed by atoms with Crippen molar-refractivity contribution in [1.29, 1.82) is 0 Å². The maximum Gasteiger partial charge on any atom is 0.309 e. The maximum absolute atomic E-state index is 10.7. The van der Waals surface area contributed by atoms with Gasteiger partial charge in [-0.3, -0.25) is 4.79 Å². The van der Waals surface area contributed by atoms with E-state index in [1.807, 2.05) is 26.0 Å². The molecule has 0 aliphatic heterocycles. The highest BCUT2D eigenvalue weighted by atomic mass is 79.9. The molecular weight excluding hydrogens is 370 g/mol. The molecule has 22 heavy (non-hydrogen) atoms. The summed E-state index contributed by atoms with van der Waals surface area (Å²) in [7, 11) is 1.58. The molecule has 0 aliphatic rings. The van der Waals surface area contributed by atoms with Gasteiger partial charge in [0, 0.05) is 10.9 Å². The van der Waals surface area contributed by atoms with E-state index in [0.717, 1.165) is 15.0 Å². The fraction of sp³-hybridized carbons (Fsp3) is 0.333. The van der Waals surface area contributed by atoms with Crippen molar-refractivity contribution in [2.24, 2.45) is 0 Å². The summed E-state index contributed by atoms with van der Waals surface area (Å²) >= 11 is 4.89. The standard InChI is InChI=1S/C15H16BrNO4S/c1-8(2)21-14-11(16)4-9(5-12(14)20-3)15-17-10(7-22-15)6-13(18)19/h4-5,7-8H,6H2,1-3H3,(H,18,19). The largest absolute Gasteiger partial charge is 0.493 e. The van der Waals surface area contributed by atoms with Gasteiger partial charge in [0.15, 0.2) is 11.5 Å². The number of rotatable bonds is 6. The Morgan fingerprint density at radius 2 is 2.18 bits per heavy atom. The van der Waals surface area contributed by atoms with Crippen molar-refractivity contribution in [2.75, 3.05) is 7.11 Å². The first-order chi connectivity index (χ1) is 10.4. The summed E-state index contributed by atoms with van der Waals surface area (Å²) < 4.78 is 11.9. The Hall–Kier alpha value is -1.60. The van der Waals surface area contributed by atoms with Crippen LogP contribution in [0.2, 0.25) is 0 Å². The molecule has 7 heteroatoms. The molecule has 0 atom stereocenters. The van der Waals surface area contributed by atoms with E-state index in [2.05, 4.69) is 20.9 Å². The zero-order valence-electron chi connectivity index (χ0n) is 12.4. The number of aromatic nitrogens is 1. The average molecular weight is 386 g/mol. The lowest BCUT2D eigenvalue weighted by atomic mass is 10.2. The van der Waals surface area contributed by atoms with Crippen molar-refractivity contribution < 1.29 is 19.4 Å². The predicted molar refractivity (Wildman–Crippen MR) is 88.9 cm³/mol. The summed E-state index contributed by atoms with van der Waals surface area (Å²) in [6.07, 6.45) is -0.0540. The Labute approximate surface area is 141 Å². The molecule has 0 unspecified atom stereocenters. The Morgan fingerprint density at radius 3 is 2.77 bits per heavy atom. The molecule has 118 valence electrons. The Bertz CT molecular complexity index is 684. The third kappa shape index (κ3) is 3.98. The number of hydrogen-bond donors (Lipinski definition) is 1. The van der Waals surface area contributed by atoms with E-state index in [0.29, 0.717) is 17.2 Å². The fourth-order valence-electron chi connectivity index (χ4n) is 1.87. The van der Waals surface area contributed by atoms with Crippen LogP contribution in [-0.2, 0) is 11.2 Å². The number of carbonyl (C=O) groups is 1. The number of thiazole rings is 1. The third-order valence-corrected chi connectivity index (χ3v) is 4.24. The molecule has 2 rings (SSSR count). The molecule has 5 nitrogen and oxygen atoms in total. The zero-order chi connectivity index (χ0) is 16.3. The SMILES string of the molecule is COc1cc(-c2nc(CC(=O)O)cs2)cc(Br)c1OC(C)C. The predicted octanol–water partition coefficient (Wildman–Crippen LogP) is 4.00. The van der Waals surface area contributed by atoms with E-state index in [9.17, 15) is 4.79 Å². The molecule has 1 N–H and O–H groups in total. The van der Waals surface area contributed by atoms with E-state index in [1.54, 1.807) is 12.5 Å². The highest BCUT2D eigenvalue weighted by molar-refractivity contribution is 9.10. The Kier molecular flexibility index (Phi) is 5.42. The molecule has 1 aromatic carbocycles. The number of halogens is 1. The van der Waals surface area contributed by atoms with E-state index in [1.165, 1.54) is 11.3 Å². The molecule has 2 aromatic rings. The molecule has 0 saturated carbocycles. The van der Waals surface area contributed by atoms with Crippen LogP contribution in [0, 0.1) is 0 Å². The highest BCUT2D eigenvalue weighted by Gasteiger charge is 2.16. The van der Waals surface area contributed by atoms with Gasteiger partial charge in [-0.2, -0.15) is 0 Å². The van der Waals surface area contributed by atoms with Gasteiger partial charge in [0.05, 0.1) is 29.8 Å². The van der Waals surface area contributed by atoms with Crippen molar-refractivity contribution in [3.8, 4) is 22.1 Å². The van der Waals surface area contributed by atoms with Gasteiger partial charge in [0.25, 0.3) is 0 Å². The second-order valence-electron chi connectivity index (χ2n) is 4.87. The second-order valence-corrected chi connectivity index (χ2v) is 6.58. The molecule has 0 fully saturated rings. The zero-order valence-corrected chi connectivity index (χ0v) is 14.8. The fourth-order valence-corrected chi connectivity index (χ4v) is 3.21. The minimum atomic E-state index is -0.892. The van der Waals surface area contributed by atoms with Gasteiger partial charge in [-0.05, 0) is 41.9 Å². The second kappa shape index (κ2) is 7.11. The van der Waals surface area contributed by atoms with Crippen LogP contribution >= 0.6 is 27.3 Å². The van der Waals surface area contributed by atoms with Gasteiger partial charge in [-0.1, -0.05) is 0 Å². The maximum atomic E-state index is 10.7. The summed E-state index contributed by atoms with van der Waals surface area (Å²) in [5.74, 6) is 0.355. The summed E-state index contributed by atoms with van der Waals surface area (Å²) in [6, 6.07) is 3.73. The molecule has 1 heterocycles. The first-order valence-electron chi connectivity index (χ1n) is 6.61. The highest BCUT2D eigenvalue weighted by Crippen LogP contribution is 2.40. The first kappa shape index (κ1) is 16.8. The molecule has 0 spiro atoms. The molecule has 0 saturated heterocycles. The van der Waals surface area contributed by atoms with Gasteiger partial charge in [-0.15, -0.1) is 11.3 Å². The molecule has 0 radical (unpaired) electrons. The Morgan fingerprint density at radius 1 is 1.45 bits per heavy atom. The van der Waals surface area contributed by atoms with Crippen molar-refractivity contribution >= 4 is 33.2 Å². The molecule has 0 bridgehead atoms. The van der Waals surface area contributed by atoms with Crippen LogP contribution in [-0.4, -0.2) is 29.3 Å². The van der Waals surface area contributed by atoms with Crippen LogP contribution in [0.5, 0.6) is 11.5 Å². The quantitative estimate of drug-likeness (QED) is 0.813. The lowest BCUT2D eigenvalue weighted by Crippen LogP contribution is -2.07. The van der Waals surface area contributed by atoms with Gasteiger partial charge in [0.2, 0.25) is 0 Å². The number of nitrogens with zero attached hydrogens (tertiary/aromatic N) is 1. The van der Waals surface area contributed by atoms with Crippen LogP contribution in [0.15, 0.2) is 22.0 Å². The monoisotopic (exact) mass is 385 g/mol. The number of methoxy groups -OCH3 is 1. The summed E-state index contributed by atoms with van der Waals surface area (Å²) in [5, 5.41) is 11.3. The lowest BCUT2D eigenvalue weighted by molar-refractivity contribution is -0.136. The number of ether oxygens (including phenoxy) is 2. The molecule has 0 aliphatic carbocycles. The van der Waals surface area contributed by atoms with E-state index in [-0.39, 0.29) is 12.5 Å². The van der Waals surface area contributed by atoms with E-state index >= 15 is 0 Å². The summed E-state index contributed by atoms with van der Waals surface area (Å²) in [6.45, 7) is 3.89. The van der Waals surface area contributed by atoms with Crippen molar-refractivity contribution in [2.45, 2.75) is 26.4 Å². The Balaban J connectivity index is 2.38. The van der Waals surface area contributed by atoms with Crippen LogP contribution in [0.25, 0.3) is 10.6 Å². The van der Waals surface area contributed by atoms with Gasteiger partial charge in [0.1, 0.15) is 5.01 Å². The number of carboxylic acid groups (broad SMARTS) is 1. The van der Waals surface area contributed by atoms with Crippen LogP contribution in [0.3, 0.4) is 0 Å². The first-order valence-corrected chi connectivity index (χ1v) is 8.28. The molecule has 0 amide bonds. The number of hydrogen-bond acceptors (Lipinski definition) is 5. The lowest BCUT2D eigenvalue weighted by Gasteiger charge is -2.16. The van der Waals surface area contributed by atoms with E-state index in [4.69, 9.17) is 14.6 Å². The van der Waals surface area contributed by atoms with Crippen molar-refractivity contribution in [1.82, 2.24) is 4.98 Å². The minimum Gasteiger partial charge on any atom is -0.493 e. The summed E-state index contributed by atoms with van der Waals surface area (Å²) in [5.41, 5.74) is 1.39. The van der Waals surface area contributed by atoms with E-state index < -0.39 is 5.97 Å². The average Bonchev–Trinajstić information content (AvgIpc) is 2.88. The van der Waals surface area contributed by atoms with Gasteiger partial charge < -0.3 is 14.6 Å². The number of aliphatic carboxylic acids is 1. The van der Waals surface area contributed by atoms with Crippen molar-refractivity contribution in [3.63, 3.8) is 0 Å². The number of carboxylic acids is 1. The number of benzene rings is 1.